The molecule has 2 heterocycles. The second-order valence-corrected chi connectivity index (χ2v) is 6.02. The first kappa shape index (κ1) is 15.2. The average molecular weight is 296 g/mol. The number of rotatable bonds is 6. The van der Waals surface area contributed by atoms with Crippen molar-refractivity contribution in [2.45, 2.75) is 11.4 Å². The molecule has 1 aromatic heterocycles. The molecule has 1 fully saturated rings. The maximum atomic E-state index is 10.9. The molecule has 0 spiro atoms. The number of piperazine rings is 1. The molecule has 0 N–H and O–H groups in total. The zero-order valence-electron chi connectivity index (χ0n) is 11.7. The minimum Gasteiger partial charge on any atom is -0.304 e. The summed E-state index contributed by atoms with van der Waals surface area (Å²) < 4.78 is 0. The normalized spacial score (nSPS) is 17.2. The van der Waals surface area contributed by atoms with Crippen molar-refractivity contribution in [2.75, 3.05) is 45.5 Å². The summed E-state index contributed by atoms with van der Waals surface area (Å²) in [5.41, 5.74) is 0.108. The largest absolute Gasteiger partial charge is 0.304 e. The minimum atomic E-state index is -0.365. The van der Waals surface area contributed by atoms with Gasteiger partial charge in [-0.1, -0.05) is 11.8 Å². The van der Waals surface area contributed by atoms with Crippen molar-refractivity contribution in [3.05, 3.63) is 28.4 Å². The Bertz CT molecular complexity index is 450. The molecule has 0 aromatic carbocycles. The Hall–Kier alpha value is -1.18. The quantitative estimate of drug-likeness (QED) is 0.345. The molecule has 0 unspecified atom stereocenters. The van der Waals surface area contributed by atoms with E-state index >= 15 is 0 Å². The summed E-state index contributed by atoms with van der Waals surface area (Å²) in [5.74, 6) is 0.865. The van der Waals surface area contributed by atoms with Gasteiger partial charge in [-0.25, -0.2) is 4.98 Å². The maximum Gasteiger partial charge on any atom is 0.301 e. The van der Waals surface area contributed by atoms with E-state index in [-0.39, 0.29) is 10.6 Å². The van der Waals surface area contributed by atoms with Crippen molar-refractivity contribution in [3.8, 4) is 0 Å². The molecule has 0 atom stereocenters. The number of hydrogen-bond acceptors (Lipinski definition) is 6. The van der Waals surface area contributed by atoms with Gasteiger partial charge in [-0.15, -0.1) is 0 Å². The first-order valence-corrected chi connectivity index (χ1v) is 7.78. The van der Waals surface area contributed by atoms with Crippen LogP contribution in [-0.2, 0) is 0 Å². The highest BCUT2D eigenvalue weighted by Crippen LogP contribution is 2.26. The fourth-order valence-corrected chi connectivity index (χ4v) is 3.05. The van der Waals surface area contributed by atoms with E-state index < -0.39 is 0 Å². The molecule has 20 heavy (non-hydrogen) atoms. The van der Waals surface area contributed by atoms with Crippen LogP contribution < -0.4 is 0 Å². The van der Waals surface area contributed by atoms with Gasteiger partial charge >= 0.3 is 5.69 Å². The summed E-state index contributed by atoms with van der Waals surface area (Å²) in [6.45, 7) is 5.54. The van der Waals surface area contributed by atoms with Crippen LogP contribution in [0.15, 0.2) is 23.4 Å². The van der Waals surface area contributed by atoms with Crippen molar-refractivity contribution < 1.29 is 4.92 Å². The van der Waals surface area contributed by atoms with Crippen LogP contribution in [0.25, 0.3) is 0 Å². The van der Waals surface area contributed by atoms with Crippen LogP contribution in [0, 0.1) is 10.1 Å². The van der Waals surface area contributed by atoms with Crippen LogP contribution >= 0.6 is 11.8 Å². The summed E-state index contributed by atoms with van der Waals surface area (Å²) in [6.07, 6.45) is 2.64. The van der Waals surface area contributed by atoms with Gasteiger partial charge in [0.05, 0.1) is 4.92 Å². The Morgan fingerprint density at radius 1 is 1.40 bits per heavy atom. The van der Waals surface area contributed by atoms with E-state index in [1.165, 1.54) is 17.8 Å². The van der Waals surface area contributed by atoms with Crippen molar-refractivity contribution in [1.29, 1.82) is 0 Å². The molecule has 0 aliphatic carbocycles. The second-order valence-electron chi connectivity index (χ2n) is 4.93. The summed E-state index contributed by atoms with van der Waals surface area (Å²) in [4.78, 5) is 19.4. The summed E-state index contributed by atoms with van der Waals surface area (Å²) >= 11 is 1.47. The number of nitrogens with zero attached hydrogens (tertiary/aromatic N) is 4. The van der Waals surface area contributed by atoms with Crippen molar-refractivity contribution in [1.82, 2.24) is 14.8 Å². The number of aromatic nitrogens is 1. The molecule has 1 saturated heterocycles. The molecule has 0 bridgehead atoms. The van der Waals surface area contributed by atoms with Crippen molar-refractivity contribution in [2.24, 2.45) is 0 Å². The van der Waals surface area contributed by atoms with Gasteiger partial charge < -0.3 is 9.80 Å². The zero-order valence-corrected chi connectivity index (χ0v) is 12.5. The van der Waals surface area contributed by atoms with Crippen LogP contribution in [0.1, 0.15) is 6.42 Å². The predicted molar refractivity (Wildman–Crippen MR) is 80.2 cm³/mol. The molecule has 1 aliphatic heterocycles. The van der Waals surface area contributed by atoms with Gasteiger partial charge in [-0.05, 0) is 26.1 Å². The highest BCUT2D eigenvalue weighted by molar-refractivity contribution is 7.99. The number of likely N-dealkylation sites (N-methyl/N-ethyl adjacent to an activating group) is 1. The fraction of sp³-hybridized carbons (Fsp3) is 0.615. The molecule has 2 rings (SSSR count). The van der Waals surface area contributed by atoms with E-state index in [0.29, 0.717) is 5.03 Å². The summed E-state index contributed by atoms with van der Waals surface area (Å²) in [7, 11) is 2.15. The average Bonchev–Trinajstić information content (AvgIpc) is 2.46. The van der Waals surface area contributed by atoms with E-state index in [2.05, 4.69) is 21.8 Å². The lowest BCUT2D eigenvalue weighted by molar-refractivity contribution is -0.388. The molecule has 0 radical (unpaired) electrons. The second kappa shape index (κ2) is 7.56. The molecular formula is C13H20N4O2S. The van der Waals surface area contributed by atoms with Crippen LogP contribution in [0.3, 0.4) is 0 Å². The Morgan fingerprint density at radius 3 is 2.85 bits per heavy atom. The highest BCUT2D eigenvalue weighted by atomic mass is 32.2. The molecule has 7 heteroatoms. The van der Waals surface area contributed by atoms with E-state index in [1.807, 2.05) is 0 Å². The Kier molecular flexibility index (Phi) is 5.75. The predicted octanol–water partition coefficient (Wildman–Crippen LogP) is 1.72. The van der Waals surface area contributed by atoms with Crippen LogP contribution in [-0.4, -0.2) is 65.2 Å². The van der Waals surface area contributed by atoms with Gasteiger partial charge in [-0.2, -0.15) is 0 Å². The number of thioether (sulfide) groups is 1. The standard InChI is InChI=1S/C13H20N4O2S/c1-15-7-9-16(10-8-15)6-3-11-20-13-12(17(18)19)4-2-5-14-13/h2,4-5H,3,6-11H2,1H3. The van der Waals surface area contributed by atoms with E-state index in [4.69, 9.17) is 0 Å². The maximum absolute atomic E-state index is 10.9. The lowest BCUT2D eigenvalue weighted by atomic mass is 10.3. The van der Waals surface area contributed by atoms with Gasteiger partial charge in [0.15, 0.2) is 5.03 Å². The van der Waals surface area contributed by atoms with E-state index in [1.54, 1.807) is 12.3 Å². The van der Waals surface area contributed by atoms with Crippen LogP contribution in [0.5, 0.6) is 0 Å². The molecule has 0 amide bonds. The van der Waals surface area contributed by atoms with E-state index in [9.17, 15) is 10.1 Å². The first-order chi connectivity index (χ1) is 9.66. The SMILES string of the molecule is CN1CCN(CCCSc2ncccc2[N+](=O)[O-])CC1. The topological polar surface area (TPSA) is 62.5 Å². The van der Waals surface area contributed by atoms with E-state index in [0.717, 1.165) is 44.9 Å². The summed E-state index contributed by atoms with van der Waals surface area (Å²) in [5, 5.41) is 11.4. The third kappa shape index (κ3) is 4.43. The Balaban J connectivity index is 1.72. The van der Waals surface area contributed by atoms with Crippen molar-refractivity contribution in [3.63, 3.8) is 0 Å². The Labute approximate surface area is 123 Å². The van der Waals surface area contributed by atoms with Crippen molar-refractivity contribution >= 4 is 17.4 Å². The third-order valence-corrected chi connectivity index (χ3v) is 4.48. The minimum absolute atomic E-state index is 0.108. The van der Waals surface area contributed by atoms with Gasteiger partial charge in [-0.3, -0.25) is 10.1 Å². The molecule has 110 valence electrons. The van der Waals surface area contributed by atoms with Crippen LogP contribution in [0.2, 0.25) is 0 Å². The first-order valence-electron chi connectivity index (χ1n) is 6.80. The van der Waals surface area contributed by atoms with Gasteiger partial charge in [0.25, 0.3) is 0 Å². The third-order valence-electron chi connectivity index (χ3n) is 3.40. The van der Waals surface area contributed by atoms with Gasteiger partial charge in [0.1, 0.15) is 0 Å². The monoisotopic (exact) mass is 296 g/mol. The lowest BCUT2D eigenvalue weighted by Crippen LogP contribution is -2.44. The number of hydrogen-bond donors (Lipinski definition) is 0. The summed E-state index contributed by atoms with van der Waals surface area (Å²) in [6, 6.07) is 3.11. The van der Waals surface area contributed by atoms with Crippen LogP contribution in [0.4, 0.5) is 5.69 Å². The molecule has 1 aromatic rings. The molecule has 0 saturated carbocycles. The fourth-order valence-electron chi connectivity index (χ4n) is 2.16. The zero-order chi connectivity index (χ0) is 14.4. The molecular weight excluding hydrogens is 276 g/mol. The highest BCUT2D eigenvalue weighted by Gasteiger charge is 2.15. The molecule has 1 aliphatic rings. The molecule has 6 nitrogen and oxygen atoms in total. The number of pyridine rings is 1. The lowest BCUT2D eigenvalue weighted by Gasteiger charge is -2.32. The Morgan fingerprint density at radius 2 is 2.15 bits per heavy atom. The van der Waals surface area contributed by atoms with Gasteiger partial charge in [0.2, 0.25) is 0 Å². The smallest absolute Gasteiger partial charge is 0.301 e. The van der Waals surface area contributed by atoms with Gasteiger partial charge in [0, 0.05) is 44.2 Å². The number of nitro groups is 1.